The van der Waals surface area contributed by atoms with Gasteiger partial charge >= 0.3 is 0 Å². The summed E-state index contributed by atoms with van der Waals surface area (Å²) in [7, 11) is 0. The standard InChI is InChI=1S/C25H29N3O3S/c1-4-31-20-14-12-19(13-15-20)28-24(30)21-10-5-6-11-22(21)26-25(28)32-16-23(29)27-17(2)8-7-9-18(27)3/h5-6,10-15,17-18H,4,7-9,16H2,1-3H3/t17-,18-/m0/s1. The van der Waals surface area contributed by atoms with Crippen LogP contribution in [-0.2, 0) is 4.79 Å². The number of thioether (sulfide) groups is 1. The first-order valence-electron chi connectivity index (χ1n) is 11.2. The molecule has 1 aliphatic heterocycles. The van der Waals surface area contributed by atoms with Crippen molar-refractivity contribution in [2.45, 2.75) is 57.3 Å². The Labute approximate surface area is 192 Å². The highest BCUT2D eigenvalue weighted by Crippen LogP contribution is 2.26. The summed E-state index contributed by atoms with van der Waals surface area (Å²) >= 11 is 1.32. The number of ether oxygens (including phenoxy) is 1. The summed E-state index contributed by atoms with van der Waals surface area (Å²) in [6.45, 7) is 6.74. The Kier molecular flexibility index (Phi) is 6.84. The van der Waals surface area contributed by atoms with Crippen LogP contribution in [-0.4, -0.2) is 44.8 Å². The lowest BCUT2D eigenvalue weighted by molar-refractivity contribution is -0.134. The van der Waals surface area contributed by atoms with Crippen molar-refractivity contribution in [1.82, 2.24) is 14.5 Å². The van der Waals surface area contributed by atoms with E-state index >= 15 is 0 Å². The Morgan fingerprint density at radius 3 is 2.47 bits per heavy atom. The third-order valence-corrected chi connectivity index (χ3v) is 6.88. The van der Waals surface area contributed by atoms with Gasteiger partial charge < -0.3 is 9.64 Å². The highest BCUT2D eigenvalue weighted by atomic mass is 32.2. The predicted octanol–water partition coefficient (Wildman–Crippen LogP) is 4.67. The molecule has 1 amide bonds. The molecule has 2 atom stereocenters. The normalized spacial score (nSPS) is 18.7. The van der Waals surface area contributed by atoms with Crippen LogP contribution in [0.5, 0.6) is 5.75 Å². The number of hydrogen-bond acceptors (Lipinski definition) is 5. The van der Waals surface area contributed by atoms with Gasteiger partial charge in [-0.05, 0) is 76.4 Å². The van der Waals surface area contributed by atoms with Crippen molar-refractivity contribution in [2.24, 2.45) is 0 Å². The minimum absolute atomic E-state index is 0.0929. The van der Waals surface area contributed by atoms with Gasteiger partial charge in [-0.15, -0.1) is 0 Å². The average Bonchev–Trinajstić information content (AvgIpc) is 2.79. The van der Waals surface area contributed by atoms with Crippen molar-refractivity contribution in [3.8, 4) is 11.4 Å². The van der Waals surface area contributed by atoms with Gasteiger partial charge in [0.1, 0.15) is 5.75 Å². The molecule has 168 valence electrons. The number of fused-ring (bicyclic) bond motifs is 1. The topological polar surface area (TPSA) is 64.4 Å². The van der Waals surface area contributed by atoms with Gasteiger partial charge in [0.25, 0.3) is 5.56 Å². The third kappa shape index (κ3) is 4.53. The summed E-state index contributed by atoms with van der Waals surface area (Å²) in [4.78, 5) is 33.2. The molecule has 3 aromatic rings. The van der Waals surface area contributed by atoms with Crippen LogP contribution in [0, 0.1) is 0 Å². The highest BCUT2D eigenvalue weighted by Gasteiger charge is 2.29. The molecule has 6 nitrogen and oxygen atoms in total. The van der Waals surface area contributed by atoms with Crippen LogP contribution in [0.25, 0.3) is 16.6 Å². The van der Waals surface area contributed by atoms with E-state index in [1.54, 1.807) is 10.6 Å². The number of carbonyl (C=O) groups excluding carboxylic acids is 1. The lowest BCUT2D eigenvalue weighted by Crippen LogP contribution is -2.48. The number of hydrogen-bond donors (Lipinski definition) is 0. The van der Waals surface area contributed by atoms with Crippen molar-refractivity contribution in [3.63, 3.8) is 0 Å². The molecule has 1 fully saturated rings. The minimum atomic E-state index is -0.144. The Bertz CT molecular complexity index is 1150. The molecule has 0 spiro atoms. The van der Waals surface area contributed by atoms with Crippen LogP contribution in [0.3, 0.4) is 0 Å². The maximum absolute atomic E-state index is 13.4. The van der Waals surface area contributed by atoms with Gasteiger partial charge in [0.05, 0.1) is 29.0 Å². The molecule has 0 bridgehead atoms. The molecule has 1 saturated heterocycles. The van der Waals surface area contributed by atoms with Crippen LogP contribution in [0.15, 0.2) is 58.5 Å². The van der Waals surface area contributed by atoms with Crippen LogP contribution < -0.4 is 10.3 Å². The van der Waals surface area contributed by atoms with E-state index in [1.165, 1.54) is 11.8 Å². The first-order chi connectivity index (χ1) is 15.5. The quantitative estimate of drug-likeness (QED) is 0.403. The zero-order chi connectivity index (χ0) is 22.7. The Hall–Kier alpha value is -2.80. The summed E-state index contributed by atoms with van der Waals surface area (Å²) < 4.78 is 7.13. The molecular formula is C25H29N3O3S. The molecular weight excluding hydrogens is 422 g/mol. The lowest BCUT2D eigenvalue weighted by atomic mass is 9.98. The summed E-state index contributed by atoms with van der Waals surface area (Å²) in [5, 5.41) is 1.07. The van der Waals surface area contributed by atoms with Gasteiger partial charge in [0.15, 0.2) is 5.16 Å². The maximum atomic E-state index is 13.4. The first kappa shape index (κ1) is 22.4. The monoisotopic (exact) mass is 451 g/mol. The van der Waals surface area contributed by atoms with Crippen LogP contribution in [0.2, 0.25) is 0 Å². The van der Waals surface area contributed by atoms with E-state index in [1.807, 2.05) is 54.3 Å². The van der Waals surface area contributed by atoms with E-state index in [4.69, 9.17) is 9.72 Å². The molecule has 32 heavy (non-hydrogen) atoms. The zero-order valence-electron chi connectivity index (χ0n) is 18.8. The first-order valence-corrected chi connectivity index (χ1v) is 12.2. The number of amides is 1. The van der Waals surface area contributed by atoms with E-state index in [0.29, 0.717) is 28.4 Å². The van der Waals surface area contributed by atoms with Crippen LogP contribution in [0.4, 0.5) is 0 Å². The fourth-order valence-corrected chi connectivity index (χ4v) is 5.29. The number of carbonyl (C=O) groups is 1. The summed E-state index contributed by atoms with van der Waals surface area (Å²) in [5.41, 5.74) is 1.19. The van der Waals surface area contributed by atoms with Gasteiger partial charge in [0, 0.05) is 12.1 Å². The Morgan fingerprint density at radius 1 is 1.09 bits per heavy atom. The van der Waals surface area contributed by atoms with Crippen LogP contribution in [0.1, 0.15) is 40.0 Å². The predicted molar refractivity (Wildman–Crippen MR) is 129 cm³/mol. The molecule has 2 aromatic carbocycles. The fraction of sp³-hybridized carbons (Fsp3) is 0.400. The smallest absolute Gasteiger partial charge is 0.266 e. The zero-order valence-corrected chi connectivity index (χ0v) is 19.6. The number of piperidine rings is 1. The molecule has 1 aliphatic rings. The van der Waals surface area contributed by atoms with Gasteiger partial charge in [-0.3, -0.25) is 14.2 Å². The number of para-hydroxylation sites is 1. The van der Waals surface area contributed by atoms with Gasteiger partial charge in [-0.2, -0.15) is 0 Å². The highest BCUT2D eigenvalue weighted by molar-refractivity contribution is 7.99. The maximum Gasteiger partial charge on any atom is 0.266 e. The fourth-order valence-electron chi connectivity index (χ4n) is 4.41. The van der Waals surface area contributed by atoms with E-state index < -0.39 is 0 Å². The number of rotatable bonds is 6. The largest absolute Gasteiger partial charge is 0.494 e. The SMILES string of the molecule is CCOc1ccc(-n2c(SCC(=O)N3[C@@H](C)CCC[C@@H]3C)nc3ccccc3c2=O)cc1. The second-order valence-electron chi connectivity index (χ2n) is 8.20. The summed E-state index contributed by atoms with van der Waals surface area (Å²) in [5.74, 6) is 1.09. The molecule has 7 heteroatoms. The summed E-state index contributed by atoms with van der Waals surface area (Å²) in [6.07, 6.45) is 3.22. The van der Waals surface area contributed by atoms with E-state index in [0.717, 1.165) is 25.0 Å². The molecule has 0 saturated carbocycles. The molecule has 0 unspecified atom stereocenters. The summed E-state index contributed by atoms with van der Waals surface area (Å²) in [6, 6.07) is 15.2. The second-order valence-corrected chi connectivity index (χ2v) is 9.14. The number of likely N-dealkylation sites (tertiary alicyclic amines) is 1. The average molecular weight is 452 g/mol. The van der Waals surface area contributed by atoms with Gasteiger partial charge in [-0.1, -0.05) is 23.9 Å². The Morgan fingerprint density at radius 2 is 1.78 bits per heavy atom. The van der Waals surface area contributed by atoms with Crippen molar-refractivity contribution >= 4 is 28.6 Å². The van der Waals surface area contributed by atoms with Crippen molar-refractivity contribution in [1.29, 1.82) is 0 Å². The van der Waals surface area contributed by atoms with Crippen molar-refractivity contribution in [2.75, 3.05) is 12.4 Å². The molecule has 1 aromatic heterocycles. The molecule has 4 rings (SSSR count). The molecule has 2 heterocycles. The number of nitrogens with zero attached hydrogens (tertiary/aromatic N) is 3. The van der Waals surface area contributed by atoms with Gasteiger partial charge in [0.2, 0.25) is 5.91 Å². The third-order valence-electron chi connectivity index (χ3n) is 5.96. The van der Waals surface area contributed by atoms with Crippen molar-refractivity contribution < 1.29 is 9.53 Å². The second kappa shape index (κ2) is 9.77. The van der Waals surface area contributed by atoms with Gasteiger partial charge in [-0.25, -0.2) is 4.98 Å². The molecule has 0 radical (unpaired) electrons. The van der Waals surface area contributed by atoms with E-state index in [9.17, 15) is 9.59 Å². The minimum Gasteiger partial charge on any atom is -0.494 e. The molecule has 0 aliphatic carbocycles. The number of aromatic nitrogens is 2. The van der Waals surface area contributed by atoms with Crippen molar-refractivity contribution in [3.05, 3.63) is 58.9 Å². The van der Waals surface area contributed by atoms with E-state index in [-0.39, 0.29) is 29.3 Å². The molecule has 0 N–H and O–H groups in total. The number of benzene rings is 2. The van der Waals surface area contributed by atoms with E-state index in [2.05, 4.69) is 13.8 Å². The lowest BCUT2D eigenvalue weighted by Gasteiger charge is -2.39. The van der Waals surface area contributed by atoms with Crippen LogP contribution >= 0.6 is 11.8 Å². The Balaban J connectivity index is 1.69.